The summed E-state index contributed by atoms with van der Waals surface area (Å²) in [6.07, 6.45) is 0. The molecule has 2 nitrogen and oxygen atoms in total. The van der Waals surface area contributed by atoms with Crippen LogP contribution in [0, 0.1) is 17.5 Å². The molecule has 0 fully saturated rings. The number of hydrogen-bond acceptors (Lipinski definition) is 2. The molecule has 0 unspecified atom stereocenters. The molecular weight excluding hydrogens is 267 g/mol. The first-order chi connectivity index (χ1) is 9.60. The van der Waals surface area contributed by atoms with E-state index in [0.717, 1.165) is 23.3 Å². The van der Waals surface area contributed by atoms with Gasteiger partial charge in [-0.25, -0.2) is 13.2 Å². The van der Waals surface area contributed by atoms with Crippen LogP contribution >= 0.6 is 0 Å². The summed E-state index contributed by atoms with van der Waals surface area (Å²) in [7, 11) is 1.61. The molecule has 20 heavy (non-hydrogen) atoms. The van der Waals surface area contributed by atoms with Gasteiger partial charge in [0.25, 0.3) is 0 Å². The van der Waals surface area contributed by atoms with Gasteiger partial charge in [-0.2, -0.15) is 0 Å². The highest BCUT2D eigenvalue weighted by atomic mass is 19.2. The zero-order valence-corrected chi connectivity index (χ0v) is 10.9. The lowest BCUT2D eigenvalue weighted by atomic mass is 10.1. The van der Waals surface area contributed by atoms with E-state index in [0.29, 0.717) is 13.2 Å². The molecule has 1 N–H and O–H groups in total. The van der Waals surface area contributed by atoms with Gasteiger partial charge in [0.1, 0.15) is 0 Å². The summed E-state index contributed by atoms with van der Waals surface area (Å²) in [4.78, 5) is 0. The van der Waals surface area contributed by atoms with Gasteiger partial charge in [-0.3, -0.25) is 0 Å². The lowest BCUT2D eigenvalue weighted by Crippen LogP contribution is -2.02. The van der Waals surface area contributed by atoms with E-state index in [1.54, 1.807) is 7.11 Å². The maximum atomic E-state index is 13.1. The van der Waals surface area contributed by atoms with Gasteiger partial charge in [-0.15, -0.1) is 0 Å². The van der Waals surface area contributed by atoms with Crippen LogP contribution in [0.25, 0.3) is 0 Å². The minimum atomic E-state index is -1.46. The third-order valence-electron chi connectivity index (χ3n) is 2.78. The molecule has 0 amide bonds. The minimum Gasteiger partial charge on any atom is -0.381 e. The Hall–Kier alpha value is -2.01. The zero-order chi connectivity index (χ0) is 14.5. The lowest BCUT2D eigenvalue weighted by molar-refractivity contribution is 0.185. The van der Waals surface area contributed by atoms with Crippen molar-refractivity contribution in [3.05, 3.63) is 65.0 Å². The van der Waals surface area contributed by atoms with Crippen molar-refractivity contribution in [3.8, 4) is 0 Å². The molecular formula is C15H14F3NO. The summed E-state index contributed by atoms with van der Waals surface area (Å²) >= 11 is 0. The van der Waals surface area contributed by atoms with Gasteiger partial charge in [0, 0.05) is 31.5 Å². The molecule has 0 aliphatic rings. The van der Waals surface area contributed by atoms with Gasteiger partial charge in [0.05, 0.1) is 6.61 Å². The second kappa shape index (κ2) is 6.43. The monoisotopic (exact) mass is 281 g/mol. The van der Waals surface area contributed by atoms with Crippen LogP contribution in [0.5, 0.6) is 0 Å². The minimum absolute atomic E-state index is 0.193. The molecule has 0 aromatic heterocycles. The predicted molar refractivity (Wildman–Crippen MR) is 70.8 cm³/mol. The first kappa shape index (κ1) is 14.4. The third kappa shape index (κ3) is 3.51. The van der Waals surface area contributed by atoms with E-state index in [1.165, 1.54) is 0 Å². The van der Waals surface area contributed by atoms with Crippen molar-refractivity contribution in [2.45, 2.75) is 13.2 Å². The standard InChI is InChI=1S/C15H14F3NO/c1-20-9-11-4-2-3-10(5-11)8-19-12-6-13(16)15(18)14(17)7-12/h2-7,19H,8-9H2,1H3. The molecule has 2 aromatic carbocycles. The van der Waals surface area contributed by atoms with Gasteiger partial charge in [0.2, 0.25) is 0 Å². The molecule has 5 heteroatoms. The maximum absolute atomic E-state index is 13.1. The van der Waals surface area contributed by atoms with Crippen molar-refractivity contribution in [2.24, 2.45) is 0 Å². The van der Waals surface area contributed by atoms with Crippen LogP contribution in [0.4, 0.5) is 18.9 Å². The SMILES string of the molecule is COCc1cccc(CNc2cc(F)c(F)c(F)c2)c1. The predicted octanol–water partition coefficient (Wildman–Crippen LogP) is 3.86. The van der Waals surface area contributed by atoms with E-state index >= 15 is 0 Å². The summed E-state index contributed by atoms with van der Waals surface area (Å²) in [5, 5.41) is 2.85. The van der Waals surface area contributed by atoms with Gasteiger partial charge in [-0.05, 0) is 11.1 Å². The lowest BCUT2D eigenvalue weighted by Gasteiger charge is -2.09. The van der Waals surface area contributed by atoms with Crippen LogP contribution in [0.1, 0.15) is 11.1 Å². The van der Waals surface area contributed by atoms with E-state index in [4.69, 9.17) is 4.74 Å². The molecule has 0 aliphatic carbocycles. The van der Waals surface area contributed by atoms with Crippen LogP contribution in [0.3, 0.4) is 0 Å². The molecule has 0 radical (unpaired) electrons. The second-order valence-electron chi connectivity index (χ2n) is 4.36. The Balaban J connectivity index is 2.07. The normalized spacial score (nSPS) is 10.6. The number of ether oxygens (including phenoxy) is 1. The topological polar surface area (TPSA) is 21.3 Å². The Bertz CT molecular complexity index is 578. The fraction of sp³-hybridized carbons (Fsp3) is 0.200. The average molecular weight is 281 g/mol. The molecule has 0 saturated carbocycles. The van der Waals surface area contributed by atoms with E-state index in [9.17, 15) is 13.2 Å². The number of anilines is 1. The first-order valence-electron chi connectivity index (χ1n) is 6.05. The first-order valence-corrected chi connectivity index (χ1v) is 6.05. The van der Waals surface area contributed by atoms with Gasteiger partial charge < -0.3 is 10.1 Å². The van der Waals surface area contributed by atoms with Crippen molar-refractivity contribution < 1.29 is 17.9 Å². The van der Waals surface area contributed by atoms with Crippen LogP contribution in [-0.2, 0) is 17.9 Å². The molecule has 0 atom stereocenters. The number of hydrogen-bond donors (Lipinski definition) is 1. The van der Waals surface area contributed by atoms with Gasteiger partial charge in [-0.1, -0.05) is 24.3 Å². The van der Waals surface area contributed by atoms with Crippen LogP contribution < -0.4 is 5.32 Å². The average Bonchev–Trinajstić information content (AvgIpc) is 2.43. The summed E-state index contributed by atoms with van der Waals surface area (Å²) in [5.74, 6) is -3.88. The smallest absolute Gasteiger partial charge is 0.194 e. The second-order valence-corrected chi connectivity index (χ2v) is 4.36. The molecule has 0 spiro atoms. The Morgan fingerprint density at radius 3 is 2.30 bits per heavy atom. The molecule has 0 aliphatic heterocycles. The van der Waals surface area contributed by atoms with Gasteiger partial charge >= 0.3 is 0 Å². The number of nitrogens with one attached hydrogen (secondary N) is 1. The molecule has 0 saturated heterocycles. The zero-order valence-electron chi connectivity index (χ0n) is 10.9. The highest BCUT2D eigenvalue weighted by Crippen LogP contribution is 2.18. The third-order valence-corrected chi connectivity index (χ3v) is 2.78. The van der Waals surface area contributed by atoms with Crippen LogP contribution in [0.15, 0.2) is 36.4 Å². The Labute approximate surface area is 115 Å². The Morgan fingerprint density at radius 2 is 1.65 bits per heavy atom. The number of methoxy groups -OCH3 is 1. The Morgan fingerprint density at radius 1 is 1.00 bits per heavy atom. The maximum Gasteiger partial charge on any atom is 0.194 e. The van der Waals surface area contributed by atoms with E-state index in [-0.39, 0.29) is 5.69 Å². The number of rotatable bonds is 5. The largest absolute Gasteiger partial charge is 0.381 e. The molecule has 2 rings (SSSR count). The van der Waals surface area contributed by atoms with Crippen molar-refractivity contribution in [3.63, 3.8) is 0 Å². The highest BCUT2D eigenvalue weighted by Gasteiger charge is 2.10. The summed E-state index contributed by atoms with van der Waals surface area (Å²) in [6.45, 7) is 0.871. The van der Waals surface area contributed by atoms with E-state index < -0.39 is 17.5 Å². The fourth-order valence-electron chi connectivity index (χ4n) is 1.86. The number of benzene rings is 2. The highest BCUT2D eigenvalue weighted by molar-refractivity contribution is 5.44. The summed E-state index contributed by atoms with van der Waals surface area (Å²) in [6, 6.07) is 9.45. The van der Waals surface area contributed by atoms with Crippen molar-refractivity contribution in [1.29, 1.82) is 0 Å². The molecule has 0 bridgehead atoms. The van der Waals surface area contributed by atoms with Crippen molar-refractivity contribution in [2.75, 3.05) is 12.4 Å². The van der Waals surface area contributed by atoms with E-state index in [2.05, 4.69) is 5.32 Å². The quantitative estimate of drug-likeness (QED) is 0.840. The van der Waals surface area contributed by atoms with Crippen LogP contribution in [-0.4, -0.2) is 7.11 Å². The van der Waals surface area contributed by atoms with Gasteiger partial charge in [0.15, 0.2) is 17.5 Å². The fourth-order valence-corrected chi connectivity index (χ4v) is 1.86. The van der Waals surface area contributed by atoms with Crippen molar-refractivity contribution >= 4 is 5.69 Å². The summed E-state index contributed by atoms with van der Waals surface area (Å²) in [5.41, 5.74) is 2.13. The number of halogens is 3. The summed E-state index contributed by atoms with van der Waals surface area (Å²) < 4.78 is 44.0. The Kier molecular flexibility index (Phi) is 4.63. The molecule has 0 heterocycles. The molecule has 106 valence electrons. The molecule has 2 aromatic rings. The van der Waals surface area contributed by atoms with Crippen molar-refractivity contribution in [1.82, 2.24) is 0 Å². The van der Waals surface area contributed by atoms with Crippen LogP contribution in [0.2, 0.25) is 0 Å². The van der Waals surface area contributed by atoms with E-state index in [1.807, 2.05) is 24.3 Å².